The van der Waals surface area contributed by atoms with E-state index in [0.29, 0.717) is 38.1 Å². The van der Waals surface area contributed by atoms with Gasteiger partial charge < -0.3 is 20.7 Å². The number of nitrogens with one attached hydrogen (secondary N) is 3. The Morgan fingerprint density at radius 1 is 1.25 bits per heavy atom. The second kappa shape index (κ2) is 15.6. The van der Waals surface area contributed by atoms with Gasteiger partial charge in [0.25, 0.3) is 0 Å². The van der Waals surface area contributed by atoms with E-state index in [4.69, 9.17) is 4.74 Å². The number of carbonyl (C=O) groups is 4. The molecule has 1 aliphatic heterocycles. The van der Waals surface area contributed by atoms with Crippen LogP contribution in [0.25, 0.3) is 10.9 Å². The average molecular weight is 572 g/mol. The van der Waals surface area contributed by atoms with Gasteiger partial charge in [0.1, 0.15) is 12.1 Å². The molecule has 1 aromatic heterocycles. The van der Waals surface area contributed by atoms with Crippen molar-refractivity contribution in [2.75, 3.05) is 32.2 Å². The zero-order chi connectivity index (χ0) is 29.1. The van der Waals surface area contributed by atoms with Crippen molar-refractivity contribution in [3.8, 4) is 0 Å². The van der Waals surface area contributed by atoms with Gasteiger partial charge in [0.05, 0.1) is 19.2 Å². The molecule has 3 N–H and O–H groups in total. The van der Waals surface area contributed by atoms with Crippen molar-refractivity contribution in [1.82, 2.24) is 25.8 Å². The van der Waals surface area contributed by atoms with Crippen LogP contribution in [-0.4, -0.2) is 83.9 Å². The van der Waals surface area contributed by atoms with Crippen LogP contribution in [0.3, 0.4) is 0 Å². The molecule has 10 nitrogen and oxygen atoms in total. The molecule has 0 bridgehead atoms. The van der Waals surface area contributed by atoms with Crippen molar-refractivity contribution in [2.24, 2.45) is 5.92 Å². The molecular formula is C29H41N5O5S. The molecule has 0 radical (unpaired) electrons. The van der Waals surface area contributed by atoms with Gasteiger partial charge in [-0.25, -0.2) is 4.79 Å². The molecule has 2 heterocycles. The lowest BCUT2D eigenvalue weighted by molar-refractivity contribution is -0.145. The molecule has 3 rings (SSSR count). The third kappa shape index (κ3) is 9.19. The lowest BCUT2D eigenvalue weighted by Crippen LogP contribution is -2.53. The Kier molecular flexibility index (Phi) is 12.2. The Balaban J connectivity index is 1.80. The van der Waals surface area contributed by atoms with Crippen molar-refractivity contribution in [1.29, 1.82) is 0 Å². The topological polar surface area (TPSA) is 130 Å². The molecule has 40 heavy (non-hydrogen) atoms. The van der Waals surface area contributed by atoms with E-state index in [9.17, 15) is 19.2 Å². The standard InChI is InChI=1S/C29H41N5O5S/c1-5-19(2)25(33-28(37)23-10-11-26(35)31-23)17-34(16-20-14-21-8-6-7-9-22(21)30-15-20)18-27(36)32-24(12-13-40-4)29(38)39-3/h6-9,14-15,19,23-25H,5,10-13,16-18H2,1-4H3,(H,31,35)(H,32,36)(H,33,37)/t19-,23-,24-,25+/m0/s1. The highest BCUT2D eigenvalue weighted by molar-refractivity contribution is 7.98. The number of nitrogens with zero attached hydrogens (tertiary/aromatic N) is 2. The summed E-state index contributed by atoms with van der Waals surface area (Å²) in [5.41, 5.74) is 1.81. The van der Waals surface area contributed by atoms with Crippen LogP contribution in [0.1, 0.15) is 45.1 Å². The molecule has 11 heteroatoms. The number of methoxy groups -OCH3 is 1. The van der Waals surface area contributed by atoms with Gasteiger partial charge in [0, 0.05) is 37.1 Å². The number of amides is 3. The zero-order valence-corrected chi connectivity index (χ0v) is 24.6. The highest BCUT2D eigenvalue weighted by Crippen LogP contribution is 2.17. The van der Waals surface area contributed by atoms with Gasteiger partial charge in [-0.1, -0.05) is 38.5 Å². The molecule has 0 unspecified atom stereocenters. The number of pyridine rings is 1. The van der Waals surface area contributed by atoms with Gasteiger partial charge >= 0.3 is 5.97 Å². The fraction of sp³-hybridized carbons (Fsp3) is 0.552. The minimum Gasteiger partial charge on any atom is -0.467 e. The average Bonchev–Trinajstić information content (AvgIpc) is 3.40. The predicted molar refractivity (Wildman–Crippen MR) is 157 cm³/mol. The Hall–Kier alpha value is -3.18. The SMILES string of the molecule is CC[C@H](C)[C@@H](CN(CC(=O)N[C@@H](CCSC)C(=O)OC)Cc1cnc2ccccc2c1)NC(=O)[C@@H]1CCC(=O)N1. The zero-order valence-electron chi connectivity index (χ0n) is 23.8. The summed E-state index contributed by atoms with van der Waals surface area (Å²) >= 11 is 1.59. The molecule has 3 amide bonds. The number of hydrogen-bond acceptors (Lipinski definition) is 8. The van der Waals surface area contributed by atoms with Gasteiger partial charge in [-0.3, -0.25) is 24.3 Å². The molecule has 2 aromatic rings. The highest BCUT2D eigenvalue weighted by Gasteiger charge is 2.31. The van der Waals surface area contributed by atoms with Crippen LogP contribution in [0.15, 0.2) is 36.5 Å². The summed E-state index contributed by atoms with van der Waals surface area (Å²) in [5.74, 6) is -0.296. The van der Waals surface area contributed by atoms with Crippen molar-refractivity contribution < 1.29 is 23.9 Å². The van der Waals surface area contributed by atoms with Crippen LogP contribution in [0.5, 0.6) is 0 Å². The first-order chi connectivity index (χ1) is 19.2. The molecule has 1 fully saturated rings. The first-order valence-corrected chi connectivity index (χ1v) is 15.1. The number of benzene rings is 1. The second-order valence-corrected chi connectivity index (χ2v) is 11.3. The Morgan fingerprint density at radius 2 is 2.02 bits per heavy atom. The third-order valence-corrected chi connectivity index (χ3v) is 7.92. The van der Waals surface area contributed by atoms with Crippen LogP contribution in [-0.2, 0) is 30.5 Å². The van der Waals surface area contributed by atoms with Crippen LogP contribution in [0.4, 0.5) is 0 Å². The van der Waals surface area contributed by atoms with E-state index in [0.717, 1.165) is 22.9 Å². The van der Waals surface area contributed by atoms with Crippen molar-refractivity contribution in [3.05, 3.63) is 42.1 Å². The third-order valence-electron chi connectivity index (χ3n) is 7.28. The molecule has 218 valence electrons. The largest absolute Gasteiger partial charge is 0.467 e. The number of hydrogen-bond donors (Lipinski definition) is 3. The maximum atomic E-state index is 13.2. The van der Waals surface area contributed by atoms with Crippen LogP contribution >= 0.6 is 11.8 Å². The molecule has 0 aliphatic carbocycles. The fourth-order valence-electron chi connectivity index (χ4n) is 4.74. The monoisotopic (exact) mass is 571 g/mol. The Bertz CT molecular complexity index is 1180. The number of para-hydroxylation sites is 1. The van der Waals surface area contributed by atoms with E-state index < -0.39 is 18.1 Å². The van der Waals surface area contributed by atoms with E-state index in [-0.39, 0.29) is 36.2 Å². The normalized spacial score (nSPS) is 17.2. The van der Waals surface area contributed by atoms with Gasteiger partial charge in [-0.2, -0.15) is 11.8 Å². The summed E-state index contributed by atoms with van der Waals surface area (Å²) < 4.78 is 4.90. The number of thioether (sulfide) groups is 1. The molecule has 1 saturated heterocycles. The van der Waals surface area contributed by atoms with Gasteiger partial charge in [0.2, 0.25) is 17.7 Å². The second-order valence-electron chi connectivity index (χ2n) is 10.3. The molecule has 0 saturated carbocycles. The maximum absolute atomic E-state index is 13.2. The number of rotatable bonds is 15. The number of fused-ring (bicyclic) bond motifs is 1. The van der Waals surface area contributed by atoms with Gasteiger partial charge in [-0.15, -0.1) is 0 Å². The lowest BCUT2D eigenvalue weighted by Gasteiger charge is -2.32. The first kappa shape index (κ1) is 31.3. The van der Waals surface area contributed by atoms with Crippen LogP contribution in [0, 0.1) is 5.92 Å². The smallest absolute Gasteiger partial charge is 0.328 e. The maximum Gasteiger partial charge on any atom is 0.328 e. The van der Waals surface area contributed by atoms with E-state index in [2.05, 4.69) is 34.8 Å². The summed E-state index contributed by atoms with van der Waals surface area (Å²) in [5, 5.41) is 9.69. The first-order valence-electron chi connectivity index (χ1n) is 13.8. The van der Waals surface area contributed by atoms with E-state index in [1.165, 1.54) is 7.11 Å². The van der Waals surface area contributed by atoms with E-state index in [1.807, 2.05) is 41.5 Å². The molecule has 4 atom stereocenters. The summed E-state index contributed by atoms with van der Waals surface area (Å²) in [7, 11) is 1.31. The quantitative estimate of drug-likeness (QED) is 0.278. The highest BCUT2D eigenvalue weighted by atomic mass is 32.2. The van der Waals surface area contributed by atoms with Crippen molar-refractivity contribution >= 4 is 46.4 Å². The van der Waals surface area contributed by atoms with Crippen LogP contribution < -0.4 is 16.0 Å². The van der Waals surface area contributed by atoms with Crippen molar-refractivity contribution in [2.45, 2.75) is 64.2 Å². The summed E-state index contributed by atoms with van der Waals surface area (Å²) in [6.07, 6.45) is 5.83. The van der Waals surface area contributed by atoms with Gasteiger partial charge in [0.15, 0.2) is 0 Å². The molecule has 1 aliphatic rings. The number of ether oxygens (including phenoxy) is 1. The Morgan fingerprint density at radius 3 is 2.70 bits per heavy atom. The number of aromatic nitrogens is 1. The van der Waals surface area contributed by atoms with Gasteiger partial charge in [-0.05, 0) is 48.5 Å². The minimum absolute atomic E-state index is 0.0164. The molecule has 0 spiro atoms. The summed E-state index contributed by atoms with van der Waals surface area (Å²) in [4.78, 5) is 56.7. The molecule has 1 aromatic carbocycles. The predicted octanol–water partition coefficient (Wildman–Crippen LogP) is 2.26. The summed E-state index contributed by atoms with van der Waals surface area (Å²) in [6.45, 7) is 4.95. The molecular weight excluding hydrogens is 530 g/mol. The number of esters is 1. The number of carbonyl (C=O) groups excluding carboxylic acids is 4. The fourth-order valence-corrected chi connectivity index (χ4v) is 5.21. The summed E-state index contributed by atoms with van der Waals surface area (Å²) in [6, 6.07) is 8.35. The van der Waals surface area contributed by atoms with E-state index >= 15 is 0 Å². The lowest BCUT2D eigenvalue weighted by atomic mass is 9.97. The van der Waals surface area contributed by atoms with Crippen LogP contribution in [0.2, 0.25) is 0 Å². The van der Waals surface area contributed by atoms with Crippen molar-refractivity contribution in [3.63, 3.8) is 0 Å². The Labute approximate surface area is 240 Å². The minimum atomic E-state index is -0.731. The van der Waals surface area contributed by atoms with E-state index in [1.54, 1.807) is 18.0 Å².